The molecule has 268 valence electrons. The molecule has 2 aromatic rings. The van der Waals surface area contributed by atoms with Gasteiger partial charge in [-0.1, -0.05) is 102 Å². The number of allylic oxidation sites excluding steroid dienone is 1. The summed E-state index contributed by atoms with van der Waals surface area (Å²) in [5.41, 5.74) is 0.485. The second kappa shape index (κ2) is 17.4. The van der Waals surface area contributed by atoms with Crippen molar-refractivity contribution < 1.29 is 33.8 Å². The summed E-state index contributed by atoms with van der Waals surface area (Å²) in [6, 6.07) is 17.3. The quantitative estimate of drug-likeness (QED) is 0.0909. The zero-order valence-corrected chi connectivity index (χ0v) is 30.0. The Morgan fingerprint density at radius 3 is 2.44 bits per heavy atom. The molecule has 0 aromatic heterocycles. The zero-order chi connectivity index (χ0) is 35.7. The number of likely N-dealkylation sites (tertiary alicyclic amines) is 1. The van der Waals surface area contributed by atoms with E-state index in [4.69, 9.17) is 9.47 Å². The summed E-state index contributed by atoms with van der Waals surface area (Å²) in [5, 5.41) is 12.4. The molecule has 3 aliphatic heterocycles. The van der Waals surface area contributed by atoms with Gasteiger partial charge in [-0.05, 0) is 36.8 Å². The number of aliphatic hydroxyl groups is 1. The van der Waals surface area contributed by atoms with Crippen LogP contribution in [0.25, 0.3) is 0 Å². The third kappa shape index (κ3) is 8.05. The summed E-state index contributed by atoms with van der Waals surface area (Å²) < 4.78 is 12.3. The number of rotatable bonds is 19. The van der Waals surface area contributed by atoms with Crippen molar-refractivity contribution in [3.63, 3.8) is 0 Å². The molecule has 7 atom stereocenters. The maximum atomic E-state index is 14.7. The van der Waals surface area contributed by atoms with Gasteiger partial charge in [0.25, 0.3) is 0 Å². The predicted molar refractivity (Wildman–Crippen MR) is 193 cm³/mol. The van der Waals surface area contributed by atoms with Crippen LogP contribution in [0.4, 0.5) is 0 Å². The summed E-state index contributed by atoms with van der Waals surface area (Å²) in [6.07, 6.45) is 6.63. The van der Waals surface area contributed by atoms with Gasteiger partial charge in [-0.15, -0.1) is 13.2 Å². The maximum absolute atomic E-state index is 14.7. The number of fused-ring (bicyclic) bond motifs is 1. The van der Waals surface area contributed by atoms with Crippen molar-refractivity contribution in [2.45, 2.75) is 80.1 Å². The Labute approximate surface area is 303 Å². The minimum absolute atomic E-state index is 0.0808. The van der Waals surface area contributed by atoms with Crippen LogP contribution in [-0.4, -0.2) is 87.5 Å². The number of nitrogens with one attached hydrogen (secondary N) is 1. The molecule has 1 unspecified atom stereocenters. The molecule has 50 heavy (non-hydrogen) atoms. The lowest BCUT2D eigenvalue weighted by molar-refractivity contribution is -0.148. The fourth-order valence-corrected chi connectivity index (χ4v) is 8.65. The summed E-state index contributed by atoms with van der Waals surface area (Å²) in [6.45, 7) is 8.50. The first-order valence-electron chi connectivity index (χ1n) is 17.5. The third-order valence-corrected chi connectivity index (χ3v) is 10.8. The molecule has 3 heterocycles. The third-order valence-electron chi connectivity index (χ3n) is 9.99. The molecule has 2 N–H and O–H groups in total. The Morgan fingerprint density at radius 2 is 1.76 bits per heavy atom. The highest BCUT2D eigenvalue weighted by Crippen LogP contribution is 2.60. The van der Waals surface area contributed by atoms with Crippen LogP contribution in [0.1, 0.15) is 62.1 Å². The Morgan fingerprint density at radius 1 is 1.06 bits per heavy atom. The summed E-state index contributed by atoms with van der Waals surface area (Å²) >= 11 is 3.76. The normalized spacial score (nSPS) is 25.5. The van der Waals surface area contributed by atoms with Gasteiger partial charge in [-0.25, -0.2) is 0 Å². The topological polar surface area (TPSA) is 125 Å². The number of hydrogen-bond acceptors (Lipinski definition) is 7. The maximum Gasteiger partial charge on any atom is 0.306 e. The van der Waals surface area contributed by atoms with Crippen LogP contribution in [0.2, 0.25) is 0 Å². The Kier molecular flexibility index (Phi) is 13.0. The smallest absolute Gasteiger partial charge is 0.306 e. The van der Waals surface area contributed by atoms with E-state index in [2.05, 4.69) is 34.4 Å². The highest BCUT2D eigenvalue weighted by molar-refractivity contribution is 9.09. The highest BCUT2D eigenvalue weighted by Gasteiger charge is 2.76. The lowest BCUT2D eigenvalue weighted by atomic mass is 9.70. The van der Waals surface area contributed by atoms with Gasteiger partial charge in [0.15, 0.2) is 0 Å². The van der Waals surface area contributed by atoms with Gasteiger partial charge in [0, 0.05) is 37.5 Å². The van der Waals surface area contributed by atoms with Crippen LogP contribution >= 0.6 is 15.9 Å². The number of nitrogens with zero attached hydrogens (tertiary/aromatic N) is 2. The number of amides is 3. The molecular weight excluding hydrogens is 702 g/mol. The number of halogens is 1. The fraction of sp³-hybridized carbons (Fsp3) is 0.487. The number of carbonyl (C=O) groups excluding carboxylic acids is 4. The number of hydrogen-bond donors (Lipinski definition) is 2. The van der Waals surface area contributed by atoms with Crippen LogP contribution in [0, 0.1) is 11.8 Å². The van der Waals surface area contributed by atoms with E-state index >= 15 is 0 Å². The molecule has 1 spiro atoms. The molecule has 2 bridgehead atoms. The molecule has 0 aliphatic carbocycles. The van der Waals surface area contributed by atoms with Gasteiger partial charge in [0.1, 0.15) is 18.2 Å². The predicted octanol–water partition coefficient (Wildman–Crippen LogP) is 4.87. The molecule has 3 saturated heterocycles. The van der Waals surface area contributed by atoms with Crippen molar-refractivity contribution in [3.8, 4) is 0 Å². The molecule has 0 radical (unpaired) electrons. The number of alkyl halides is 1. The number of unbranched alkanes of at least 4 members (excludes halogenated alkanes) is 3. The lowest BCUT2D eigenvalue weighted by Gasteiger charge is -2.37. The average molecular weight is 751 g/mol. The molecule has 2 aromatic carbocycles. The summed E-state index contributed by atoms with van der Waals surface area (Å²) in [7, 11) is 0. The van der Waals surface area contributed by atoms with E-state index < -0.39 is 47.5 Å². The van der Waals surface area contributed by atoms with Crippen molar-refractivity contribution in [1.82, 2.24) is 15.1 Å². The molecule has 5 rings (SSSR count). The number of ether oxygens (including phenoxy) is 2. The van der Waals surface area contributed by atoms with Gasteiger partial charge >= 0.3 is 5.97 Å². The second-order valence-corrected chi connectivity index (χ2v) is 14.5. The Balaban J connectivity index is 1.44. The summed E-state index contributed by atoms with van der Waals surface area (Å²) in [4.78, 5) is 59.2. The Bertz CT molecular complexity index is 1510. The monoisotopic (exact) mass is 749 g/mol. The molecule has 10 nitrogen and oxygen atoms in total. The standard InChI is InChI=1S/C39H48BrN3O7/c1-3-5-20-31(45)49-26-30(28-18-12-9-13-19-28)41-36(46)32-33-37(47)43(22-14-6-7-15-23-44)35(39(33)24-29(40)34(32)50-39)38(48)42(21-4-2)25-27-16-10-8-11-17-27/h3-4,8-13,16-19,29-30,32-35,44H,1-2,5-7,14-15,20-26H2,(H,41,46)/t29?,30-,32+,33-,34+,35+,39-/m1/s1. The molecule has 3 amide bonds. The van der Waals surface area contributed by atoms with Crippen molar-refractivity contribution >= 4 is 39.6 Å². The minimum atomic E-state index is -1.21. The van der Waals surface area contributed by atoms with E-state index in [0.29, 0.717) is 38.8 Å². The molecule has 3 aliphatic rings. The van der Waals surface area contributed by atoms with Crippen LogP contribution in [0.5, 0.6) is 0 Å². The van der Waals surface area contributed by atoms with E-state index in [9.17, 15) is 24.3 Å². The first kappa shape index (κ1) is 37.5. The molecule has 3 fully saturated rings. The van der Waals surface area contributed by atoms with E-state index in [0.717, 1.165) is 24.0 Å². The number of benzene rings is 2. The Hall–Kier alpha value is -3.80. The van der Waals surface area contributed by atoms with Gasteiger partial charge in [-0.2, -0.15) is 0 Å². The van der Waals surface area contributed by atoms with Gasteiger partial charge < -0.3 is 29.7 Å². The van der Waals surface area contributed by atoms with Crippen molar-refractivity contribution in [2.75, 3.05) is 26.3 Å². The van der Waals surface area contributed by atoms with E-state index in [1.54, 1.807) is 22.0 Å². The van der Waals surface area contributed by atoms with Crippen molar-refractivity contribution in [3.05, 3.63) is 97.1 Å². The van der Waals surface area contributed by atoms with E-state index in [1.807, 2.05) is 60.7 Å². The molecular formula is C39H48BrN3O7. The van der Waals surface area contributed by atoms with Crippen LogP contribution in [0.3, 0.4) is 0 Å². The summed E-state index contributed by atoms with van der Waals surface area (Å²) in [5.74, 6) is -3.04. The number of aliphatic hydroxyl groups excluding tert-OH is 1. The van der Waals surface area contributed by atoms with Gasteiger partial charge in [0.2, 0.25) is 17.7 Å². The SMILES string of the molecule is C=CCCC(=O)OC[C@@H](NC(=O)[C@@H]1[C@H]2O[C@@]3(CC2Br)[C@H](C(=O)N(CC=C)Cc2ccccc2)N(CCCCCCO)C(=O)[C@@H]13)c1ccccc1. The van der Waals surface area contributed by atoms with Crippen LogP contribution < -0.4 is 5.32 Å². The first-order chi connectivity index (χ1) is 24.2. The van der Waals surface area contributed by atoms with E-state index in [1.165, 1.54) is 0 Å². The minimum Gasteiger partial charge on any atom is -0.463 e. The highest BCUT2D eigenvalue weighted by atomic mass is 79.9. The van der Waals surface area contributed by atoms with E-state index in [-0.39, 0.29) is 42.8 Å². The lowest BCUT2D eigenvalue weighted by Crippen LogP contribution is -2.57. The second-order valence-electron chi connectivity index (χ2n) is 13.3. The first-order valence-corrected chi connectivity index (χ1v) is 18.5. The van der Waals surface area contributed by atoms with Crippen molar-refractivity contribution in [1.29, 1.82) is 0 Å². The largest absolute Gasteiger partial charge is 0.463 e. The number of esters is 1. The van der Waals surface area contributed by atoms with Crippen LogP contribution in [-0.2, 0) is 35.2 Å². The van der Waals surface area contributed by atoms with Crippen molar-refractivity contribution in [2.24, 2.45) is 11.8 Å². The zero-order valence-electron chi connectivity index (χ0n) is 28.5. The van der Waals surface area contributed by atoms with Gasteiger partial charge in [0.05, 0.1) is 24.0 Å². The average Bonchev–Trinajstić information content (AvgIpc) is 3.72. The molecule has 0 saturated carbocycles. The van der Waals surface area contributed by atoms with Crippen LogP contribution in [0.15, 0.2) is 86.0 Å². The molecule has 11 heteroatoms. The number of carbonyl (C=O) groups is 4. The van der Waals surface area contributed by atoms with Gasteiger partial charge in [-0.3, -0.25) is 19.2 Å². The fourth-order valence-electron chi connectivity index (χ4n) is 7.70.